The maximum absolute atomic E-state index is 4.91. The summed E-state index contributed by atoms with van der Waals surface area (Å²) in [5, 5.41) is 8.16. The lowest BCUT2D eigenvalue weighted by Crippen LogP contribution is -2.25. The van der Waals surface area contributed by atoms with Gasteiger partial charge in [-0.25, -0.2) is 9.97 Å². The average Bonchev–Trinajstić information content (AvgIpc) is 3.02. The van der Waals surface area contributed by atoms with Crippen molar-refractivity contribution in [2.45, 2.75) is 52.0 Å². The van der Waals surface area contributed by atoms with E-state index in [2.05, 4.69) is 29.5 Å². The summed E-state index contributed by atoms with van der Waals surface area (Å²) in [6.07, 6.45) is 5.79. The molecule has 0 saturated carbocycles. The van der Waals surface area contributed by atoms with Gasteiger partial charge in [0.1, 0.15) is 0 Å². The summed E-state index contributed by atoms with van der Waals surface area (Å²) in [6.45, 7) is 5.36. The van der Waals surface area contributed by atoms with Crippen LogP contribution in [-0.2, 0) is 12.8 Å². The maximum atomic E-state index is 4.91. The fourth-order valence-electron chi connectivity index (χ4n) is 2.71. The Morgan fingerprint density at radius 1 is 1.40 bits per heavy atom. The molecular formula is C15H21N3S2. The molecule has 2 aromatic rings. The molecular weight excluding hydrogens is 286 g/mol. The monoisotopic (exact) mass is 307 g/mol. The van der Waals surface area contributed by atoms with E-state index in [1.165, 1.54) is 41.3 Å². The summed E-state index contributed by atoms with van der Waals surface area (Å²) < 4.78 is 0. The van der Waals surface area contributed by atoms with Crippen LogP contribution in [0.1, 0.15) is 58.5 Å². The van der Waals surface area contributed by atoms with E-state index in [0.29, 0.717) is 6.04 Å². The normalized spacial score (nSPS) is 18.2. The molecule has 1 aliphatic carbocycles. The molecule has 5 heteroatoms. The zero-order valence-corrected chi connectivity index (χ0v) is 13.7. The van der Waals surface area contributed by atoms with Crippen molar-refractivity contribution in [2.75, 3.05) is 6.54 Å². The summed E-state index contributed by atoms with van der Waals surface area (Å²) in [5.41, 5.74) is 2.48. The SMILES string of the molecule is CCCNC1CCCc2sc(Cc3csc(C)n3)nc21. The number of hydrogen-bond acceptors (Lipinski definition) is 5. The van der Waals surface area contributed by atoms with Gasteiger partial charge in [-0.15, -0.1) is 22.7 Å². The van der Waals surface area contributed by atoms with Crippen molar-refractivity contribution in [1.29, 1.82) is 0 Å². The fraction of sp³-hybridized carbons (Fsp3) is 0.600. The van der Waals surface area contributed by atoms with Gasteiger partial charge in [0.2, 0.25) is 0 Å². The number of nitrogens with zero attached hydrogens (tertiary/aromatic N) is 2. The summed E-state index contributed by atoms with van der Waals surface area (Å²) >= 11 is 3.61. The van der Waals surface area contributed by atoms with Gasteiger partial charge in [-0.05, 0) is 39.2 Å². The van der Waals surface area contributed by atoms with Gasteiger partial charge in [-0.3, -0.25) is 0 Å². The molecule has 0 fully saturated rings. The molecule has 0 amide bonds. The minimum atomic E-state index is 0.473. The molecule has 1 atom stereocenters. The van der Waals surface area contributed by atoms with E-state index in [9.17, 15) is 0 Å². The Balaban J connectivity index is 1.76. The lowest BCUT2D eigenvalue weighted by Gasteiger charge is -2.22. The maximum Gasteiger partial charge on any atom is 0.0991 e. The van der Waals surface area contributed by atoms with Crippen molar-refractivity contribution < 1.29 is 0 Å². The fourth-order valence-corrected chi connectivity index (χ4v) is 4.51. The molecule has 1 aliphatic rings. The van der Waals surface area contributed by atoms with Crippen LogP contribution in [0, 0.1) is 6.92 Å². The molecule has 0 saturated heterocycles. The topological polar surface area (TPSA) is 37.8 Å². The number of hydrogen-bond donors (Lipinski definition) is 1. The first-order chi connectivity index (χ1) is 9.76. The van der Waals surface area contributed by atoms with E-state index in [1.807, 2.05) is 11.3 Å². The lowest BCUT2D eigenvalue weighted by atomic mass is 9.97. The third-order valence-electron chi connectivity index (χ3n) is 3.64. The van der Waals surface area contributed by atoms with Crippen molar-refractivity contribution in [3.8, 4) is 0 Å². The second-order valence-corrected chi connectivity index (χ2v) is 7.58. The molecule has 20 heavy (non-hydrogen) atoms. The van der Waals surface area contributed by atoms with Crippen molar-refractivity contribution in [1.82, 2.24) is 15.3 Å². The molecule has 0 bridgehead atoms. The molecule has 3 rings (SSSR count). The van der Waals surface area contributed by atoms with Gasteiger partial charge in [0.15, 0.2) is 0 Å². The summed E-state index contributed by atoms with van der Waals surface area (Å²) in [7, 11) is 0. The standard InChI is InChI=1S/C15H21N3S2/c1-3-7-16-12-5-4-6-13-15(12)18-14(20-13)8-11-9-19-10(2)17-11/h9,12,16H,3-8H2,1-2H3. The second-order valence-electron chi connectivity index (χ2n) is 5.35. The van der Waals surface area contributed by atoms with E-state index in [4.69, 9.17) is 4.98 Å². The highest BCUT2D eigenvalue weighted by Crippen LogP contribution is 2.34. The Bertz CT molecular complexity index is 573. The zero-order valence-electron chi connectivity index (χ0n) is 12.1. The molecule has 0 radical (unpaired) electrons. The first-order valence-corrected chi connectivity index (χ1v) is 9.08. The second kappa shape index (κ2) is 6.33. The molecule has 0 spiro atoms. The van der Waals surface area contributed by atoms with Gasteiger partial charge in [0.05, 0.1) is 27.4 Å². The first kappa shape index (κ1) is 14.2. The molecule has 0 aliphatic heterocycles. The smallest absolute Gasteiger partial charge is 0.0991 e. The van der Waals surface area contributed by atoms with E-state index in [0.717, 1.165) is 23.7 Å². The third kappa shape index (κ3) is 3.10. The van der Waals surface area contributed by atoms with Crippen molar-refractivity contribution in [3.05, 3.63) is 31.7 Å². The Kier molecular flexibility index (Phi) is 4.48. The first-order valence-electron chi connectivity index (χ1n) is 7.39. The lowest BCUT2D eigenvalue weighted by molar-refractivity contribution is 0.454. The van der Waals surface area contributed by atoms with Crippen LogP contribution in [0.2, 0.25) is 0 Å². The minimum Gasteiger partial charge on any atom is -0.309 e. The average molecular weight is 307 g/mol. The van der Waals surface area contributed by atoms with Gasteiger partial charge in [0, 0.05) is 16.7 Å². The molecule has 1 unspecified atom stereocenters. The Morgan fingerprint density at radius 3 is 3.05 bits per heavy atom. The molecule has 2 heterocycles. The number of fused-ring (bicyclic) bond motifs is 1. The van der Waals surface area contributed by atoms with Crippen LogP contribution >= 0.6 is 22.7 Å². The molecule has 0 aromatic carbocycles. The number of aryl methyl sites for hydroxylation is 2. The highest BCUT2D eigenvalue weighted by molar-refractivity contribution is 7.11. The Labute approximate surface area is 128 Å². The van der Waals surface area contributed by atoms with Gasteiger partial charge >= 0.3 is 0 Å². The summed E-state index contributed by atoms with van der Waals surface area (Å²) in [5.74, 6) is 0. The zero-order chi connectivity index (χ0) is 13.9. The number of thiazole rings is 2. The van der Waals surface area contributed by atoms with E-state index < -0.39 is 0 Å². The number of rotatable bonds is 5. The Hall–Kier alpha value is -0.780. The van der Waals surface area contributed by atoms with Gasteiger partial charge in [-0.2, -0.15) is 0 Å². The summed E-state index contributed by atoms with van der Waals surface area (Å²) in [6, 6.07) is 0.473. The van der Waals surface area contributed by atoms with E-state index in [1.54, 1.807) is 11.3 Å². The van der Waals surface area contributed by atoms with Crippen LogP contribution in [0.15, 0.2) is 5.38 Å². The van der Waals surface area contributed by atoms with Gasteiger partial charge in [-0.1, -0.05) is 6.92 Å². The third-order valence-corrected chi connectivity index (χ3v) is 5.59. The minimum absolute atomic E-state index is 0.473. The molecule has 3 nitrogen and oxygen atoms in total. The largest absolute Gasteiger partial charge is 0.309 e. The highest BCUT2D eigenvalue weighted by atomic mass is 32.1. The van der Waals surface area contributed by atoms with Crippen molar-refractivity contribution in [2.24, 2.45) is 0 Å². The predicted octanol–water partition coefficient (Wildman–Crippen LogP) is 3.88. The molecule has 108 valence electrons. The van der Waals surface area contributed by atoms with Crippen LogP contribution in [0.5, 0.6) is 0 Å². The van der Waals surface area contributed by atoms with Crippen molar-refractivity contribution in [3.63, 3.8) is 0 Å². The quantitative estimate of drug-likeness (QED) is 0.911. The van der Waals surface area contributed by atoms with Crippen molar-refractivity contribution >= 4 is 22.7 Å². The summed E-state index contributed by atoms with van der Waals surface area (Å²) in [4.78, 5) is 11.0. The van der Waals surface area contributed by atoms with Crippen LogP contribution < -0.4 is 5.32 Å². The van der Waals surface area contributed by atoms with Crippen LogP contribution in [0.25, 0.3) is 0 Å². The molecule has 2 aromatic heterocycles. The predicted molar refractivity (Wildman–Crippen MR) is 85.7 cm³/mol. The van der Waals surface area contributed by atoms with Gasteiger partial charge in [0.25, 0.3) is 0 Å². The highest BCUT2D eigenvalue weighted by Gasteiger charge is 2.24. The van der Waals surface area contributed by atoms with E-state index in [-0.39, 0.29) is 0 Å². The number of aromatic nitrogens is 2. The molecule has 1 N–H and O–H groups in total. The van der Waals surface area contributed by atoms with Crippen LogP contribution in [0.3, 0.4) is 0 Å². The Morgan fingerprint density at radius 2 is 2.30 bits per heavy atom. The van der Waals surface area contributed by atoms with E-state index >= 15 is 0 Å². The van der Waals surface area contributed by atoms with Crippen LogP contribution in [0.4, 0.5) is 0 Å². The number of nitrogens with one attached hydrogen (secondary N) is 1. The van der Waals surface area contributed by atoms with Crippen LogP contribution in [-0.4, -0.2) is 16.5 Å². The van der Waals surface area contributed by atoms with Gasteiger partial charge < -0.3 is 5.32 Å².